The van der Waals surface area contributed by atoms with Gasteiger partial charge >= 0.3 is 5.69 Å². The number of alkyl halides is 4. The van der Waals surface area contributed by atoms with Crippen LogP contribution in [0.1, 0.15) is 24.0 Å². The van der Waals surface area contributed by atoms with E-state index in [-0.39, 0.29) is 20.1 Å². The van der Waals surface area contributed by atoms with Crippen LogP contribution >= 0.6 is 46.4 Å². The minimum absolute atomic E-state index is 0.0709. The Balaban J connectivity index is 1.83. The maximum absolute atomic E-state index is 14.7. The molecular weight excluding hydrogens is 558 g/mol. The average Bonchev–Trinajstić information content (AvgIpc) is 2.76. The molecule has 0 aliphatic heterocycles. The van der Waals surface area contributed by atoms with Gasteiger partial charge in [-0.1, -0.05) is 58.5 Å². The summed E-state index contributed by atoms with van der Waals surface area (Å²) in [5.41, 5.74) is -3.25. The fraction of sp³-hybridized carbons (Fsp3) is 0.273. The van der Waals surface area contributed by atoms with Crippen LogP contribution in [0.25, 0.3) is 0 Å². The third-order valence-corrected chi connectivity index (χ3v) is 6.72. The quantitative estimate of drug-likeness (QED) is 0.305. The summed E-state index contributed by atoms with van der Waals surface area (Å²) in [5.74, 6) is -7.86. The maximum atomic E-state index is 14.7. The highest BCUT2D eigenvalue weighted by Gasteiger charge is 2.34. The third kappa shape index (κ3) is 6.14. The van der Waals surface area contributed by atoms with Crippen molar-refractivity contribution in [2.75, 3.05) is 0 Å². The van der Waals surface area contributed by atoms with Gasteiger partial charge in [0.05, 0.1) is 26.2 Å². The van der Waals surface area contributed by atoms with E-state index in [1.165, 1.54) is 12.1 Å². The predicted molar refractivity (Wildman–Crippen MR) is 127 cm³/mol. The number of halogens is 8. The van der Waals surface area contributed by atoms with Gasteiger partial charge in [0.2, 0.25) is 5.88 Å². The summed E-state index contributed by atoms with van der Waals surface area (Å²) < 4.78 is 59.6. The lowest BCUT2D eigenvalue weighted by Gasteiger charge is -2.20. The molecule has 0 unspecified atom stereocenters. The molecule has 13 heteroatoms. The second-order valence-electron chi connectivity index (χ2n) is 7.59. The van der Waals surface area contributed by atoms with Gasteiger partial charge < -0.3 is 5.11 Å². The first-order valence-corrected chi connectivity index (χ1v) is 11.4. The molecule has 0 aliphatic rings. The highest BCUT2D eigenvalue weighted by atomic mass is 35.5. The lowest BCUT2D eigenvalue weighted by Crippen LogP contribution is -2.40. The molecule has 35 heavy (non-hydrogen) atoms. The summed E-state index contributed by atoms with van der Waals surface area (Å²) in [6.07, 6.45) is -1.94. The Bertz CT molecular complexity index is 1380. The van der Waals surface area contributed by atoms with Crippen molar-refractivity contribution in [2.45, 2.75) is 37.8 Å². The molecule has 0 aliphatic carbocycles. The highest BCUT2D eigenvalue weighted by Crippen LogP contribution is 2.37. The topological polar surface area (TPSA) is 64.2 Å². The number of benzene rings is 2. The van der Waals surface area contributed by atoms with Crippen molar-refractivity contribution in [3.63, 3.8) is 0 Å². The molecule has 0 saturated heterocycles. The molecule has 0 saturated carbocycles. The minimum Gasteiger partial charge on any atom is -0.494 e. The number of hydrogen-bond donors (Lipinski definition) is 1. The largest absolute Gasteiger partial charge is 0.494 e. The Morgan fingerprint density at radius 2 is 1.11 bits per heavy atom. The van der Waals surface area contributed by atoms with Gasteiger partial charge in [-0.05, 0) is 24.3 Å². The summed E-state index contributed by atoms with van der Waals surface area (Å²) in [6, 6.07) is 7.01. The Morgan fingerprint density at radius 1 is 0.686 bits per heavy atom. The molecule has 0 fully saturated rings. The van der Waals surface area contributed by atoms with Gasteiger partial charge in [-0.3, -0.25) is 13.9 Å². The van der Waals surface area contributed by atoms with Gasteiger partial charge in [-0.15, -0.1) is 0 Å². The first-order valence-electron chi connectivity index (χ1n) is 9.93. The van der Waals surface area contributed by atoms with Gasteiger partial charge in [0.1, 0.15) is 0 Å². The van der Waals surface area contributed by atoms with Crippen LogP contribution in [0.5, 0.6) is 5.88 Å². The SMILES string of the molecule is O=c1cc(O)n(CCC(F)(F)c2ccc(Cl)c(Cl)c2)c(=O)n1CCC(F)(F)c1ccc(Cl)c(Cl)c1. The summed E-state index contributed by atoms with van der Waals surface area (Å²) in [7, 11) is 0. The van der Waals surface area contributed by atoms with Crippen LogP contribution < -0.4 is 11.2 Å². The Labute approximate surface area is 216 Å². The van der Waals surface area contributed by atoms with E-state index < -0.39 is 66.0 Å². The van der Waals surface area contributed by atoms with E-state index in [1.54, 1.807) is 0 Å². The molecule has 3 rings (SSSR count). The first kappa shape index (κ1) is 27.4. The number of rotatable bonds is 8. The molecule has 2 aromatic carbocycles. The molecule has 1 N–H and O–H groups in total. The molecular formula is C22H16Cl4F4N2O3. The molecule has 1 heterocycles. The van der Waals surface area contributed by atoms with E-state index in [0.717, 1.165) is 24.3 Å². The molecule has 0 radical (unpaired) electrons. The minimum atomic E-state index is -3.50. The fourth-order valence-electron chi connectivity index (χ4n) is 3.26. The number of hydrogen-bond acceptors (Lipinski definition) is 3. The van der Waals surface area contributed by atoms with Crippen LogP contribution in [0, 0.1) is 0 Å². The van der Waals surface area contributed by atoms with E-state index >= 15 is 0 Å². The van der Waals surface area contributed by atoms with E-state index in [2.05, 4.69) is 0 Å². The van der Waals surface area contributed by atoms with Crippen molar-refractivity contribution in [3.05, 3.63) is 94.5 Å². The van der Waals surface area contributed by atoms with Crippen LogP contribution in [0.15, 0.2) is 52.1 Å². The second kappa shape index (κ2) is 10.4. The van der Waals surface area contributed by atoms with Gasteiger partial charge in [0.15, 0.2) is 0 Å². The van der Waals surface area contributed by atoms with Crippen LogP contribution in [0.3, 0.4) is 0 Å². The maximum Gasteiger partial charge on any atom is 0.333 e. The first-order chi connectivity index (χ1) is 16.2. The van der Waals surface area contributed by atoms with Gasteiger partial charge in [0.25, 0.3) is 17.4 Å². The summed E-state index contributed by atoms with van der Waals surface area (Å²) in [5, 5.41) is 9.94. The van der Waals surface area contributed by atoms with Crippen molar-refractivity contribution >= 4 is 46.4 Å². The zero-order valence-corrected chi connectivity index (χ0v) is 20.6. The fourth-order valence-corrected chi connectivity index (χ4v) is 3.86. The molecule has 0 atom stereocenters. The number of nitrogens with zero attached hydrogens (tertiary/aromatic N) is 2. The predicted octanol–water partition coefficient (Wildman–Crippen LogP) is 6.69. The molecule has 0 amide bonds. The summed E-state index contributed by atoms with van der Waals surface area (Å²) >= 11 is 23.0. The Kier molecular flexibility index (Phi) is 8.16. The van der Waals surface area contributed by atoms with E-state index in [1.807, 2.05) is 0 Å². The van der Waals surface area contributed by atoms with Crippen LogP contribution in [0.2, 0.25) is 20.1 Å². The third-order valence-electron chi connectivity index (χ3n) is 5.24. The summed E-state index contributed by atoms with van der Waals surface area (Å²) in [6.45, 7) is -1.48. The molecule has 5 nitrogen and oxygen atoms in total. The van der Waals surface area contributed by atoms with E-state index in [0.29, 0.717) is 15.2 Å². The lowest BCUT2D eigenvalue weighted by atomic mass is 10.1. The molecule has 0 spiro atoms. The van der Waals surface area contributed by atoms with Crippen LogP contribution in [-0.2, 0) is 24.9 Å². The van der Waals surface area contributed by atoms with Gasteiger partial charge in [-0.25, -0.2) is 22.4 Å². The second-order valence-corrected chi connectivity index (χ2v) is 9.22. The van der Waals surface area contributed by atoms with Crippen molar-refractivity contribution in [1.29, 1.82) is 0 Å². The smallest absolute Gasteiger partial charge is 0.333 e. The van der Waals surface area contributed by atoms with Crippen molar-refractivity contribution in [2.24, 2.45) is 0 Å². The highest BCUT2D eigenvalue weighted by molar-refractivity contribution is 6.42. The molecule has 0 bridgehead atoms. The van der Waals surface area contributed by atoms with Crippen molar-refractivity contribution in [3.8, 4) is 5.88 Å². The number of aromatic hydroxyl groups is 1. The average molecular weight is 574 g/mol. The molecule has 188 valence electrons. The van der Waals surface area contributed by atoms with Crippen molar-refractivity contribution in [1.82, 2.24) is 9.13 Å². The number of aromatic nitrogens is 2. The van der Waals surface area contributed by atoms with Crippen LogP contribution in [0.4, 0.5) is 17.6 Å². The molecule has 1 aromatic heterocycles. The van der Waals surface area contributed by atoms with E-state index in [4.69, 9.17) is 46.4 Å². The lowest BCUT2D eigenvalue weighted by molar-refractivity contribution is -0.0193. The zero-order chi connectivity index (χ0) is 26.1. The standard InChI is InChI=1S/C22H16Cl4F4N2O3/c23-14-3-1-12(9-16(14)25)21(27,28)5-7-31-18(33)11-19(34)32(20(31)35)8-6-22(29,30)13-2-4-15(24)17(26)10-13/h1-4,9-11,33H,5-8H2. The Hall–Kier alpha value is -2.20. The summed E-state index contributed by atoms with van der Waals surface area (Å²) in [4.78, 5) is 24.9. The van der Waals surface area contributed by atoms with Gasteiger partial charge in [0, 0.05) is 37.1 Å². The van der Waals surface area contributed by atoms with Gasteiger partial charge in [-0.2, -0.15) is 0 Å². The Morgan fingerprint density at radius 3 is 1.54 bits per heavy atom. The van der Waals surface area contributed by atoms with Crippen molar-refractivity contribution < 1.29 is 22.7 Å². The normalized spacial score (nSPS) is 12.2. The monoisotopic (exact) mass is 572 g/mol. The molecule has 3 aromatic rings. The van der Waals surface area contributed by atoms with Crippen LogP contribution in [-0.4, -0.2) is 14.2 Å². The zero-order valence-electron chi connectivity index (χ0n) is 17.6. The van der Waals surface area contributed by atoms with E-state index in [9.17, 15) is 32.3 Å².